The number of carbonyl (C=O) groups is 1. The van der Waals surface area contributed by atoms with Crippen LogP contribution >= 0.6 is 0 Å². The Morgan fingerprint density at radius 2 is 1.81 bits per heavy atom. The van der Waals surface area contributed by atoms with E-state index in [9.17, 15) is 4.79 Å². The van der Waals surface area contributed by atoms with Crippen molar-refractivity contribution in [2.45, 2.75) is 32.2 Å². The van der Waals surface area contributed by atoms with Gasteiger partial charge in [0.25, 0.3) is 0 Å². The first-order chi connectivity index (χ1) is 15.0. The molecule has 2 aromatic heterocycles. The van der Waals surface area contributed by atoms with Gasteiger partial charge in [0.1, 0.15) is 23.2 Å². The standard InChI is InChI=1S/C25H25N3O3/c1-17(2)18-6-8-19(9-7-18)22-16-26-28(27-22)23(25-5-4-14-31-25)15-24(29)20-10-12-21(30-3)13-11-20/h4-14,16-17,23H,15H2,1-3H3. The highest BCUT2D eigenvalue weighted by Crippen LogP contribution is 2.26. The van der Waals surface area contributed by atoms with Gasteiger partial charge in [0.2, 0.25) is 0 Å². The summed E-state index contributed by atoms with van der Waals surface area (Å²) in [5.74, 6) is 1.79. The first-order valence-electron chi connectivity index (χ1n) is 10.3. The average Bonchev–Trinajstić information content (AvgIpc) is 3.50. The first-order valence-corrected chi connectivity index (χ1v) is 10.3. The van der Waals surface area contributed by atoms with Crippen LogP contribution in [0.25, 0.3) is 11.3 Å². The minimum atomic E-state index is -0.437. The lowest BCUT2D eigenvalue weighted by Crippen LogP contribution is -2.17. The molecule has 1 unspecified atom stereocenters. The molecule has 0 N–H and O–H groups in total. The highest BCUT2D eigenvalue weighted by atomic mass is 16.5. The molecule has 1 atom stereocenters. The summed E-state index contributed by atoms with van der Waals surface area (Å²) < 4.78 is 10.8. The molecular weight excluding hydrogens is 390 g/mol. The molecule has 6 heteroatoms. The normalized spacial score (nSPS) is 12.1. The van der Waals surface area contributed by atoms with Crippen molar-refractivity contribution in [2.75, 3.05) is 7.11 Å². The lowest BCUT2D eigenvalue weighted by atomic mass is 10.0. The van der Waals surface area contributed by atoms with Crippen molar-refractivity contribution in [3.8, 4) is 17.0 Å². The van der Waals surface area contributed by atoms with E-state index >= 15 is 0 Å². The molecule has 6 nitrogen and oxygen atoms in total. The van der Waals surface area contributed by atoms with Gasteiger partial charge in [0, 0.05) is 17.5 Å². The molecule has 2 heterocycles. The van der Waals surface area contributed by atoms with Crippen LogP contribution in [0.4, 0.5) is 0 Å². The first kappa shape index (κ1) is 20.6. The number of Topliss-reactive ketones (excluding diaryl/α,β-unsaturated/α-hetero) is 1. The summed E-state index contributed by atoms with van der Waals surface area (Å²) in [7, 11) is 1.60. The van der Waals surface area contributed by atoms with E-state index in [-0.39, 0.29) is 12.2 Å². The van der Waals surface area contributed by atoms with Gasteiger partial charge in [-0.05, 0) is 47.9 Å². The van der Waals surface area contributed by atoms with E-state index in [0.29, 0.717) is 23.0 Å². The van der Waals surface area contributed by atoms with Crippen molar-refractivity contribution in [3.05, 3.63) is 90.0 Å². The maximum atomic E-state index is 12.9. The number of hydrogen-bond donors (Lipinski definition) is 0. The Kier molecular flexibility index (Phi) is 5.98. The van der Waals surface area contributed by atoms with Crippen LogP contribution in [-0.4, -0.2) is 27.9 Å². The highest BCUT2D eigenvalue weighted by molar-refractivity contribution is 5.96. The van der Waals surface area contributed by atoms with E-state index in [2.05, 4.69) is 36.2 Å². The van der Waals surface area contributed by atoms with Crippen LogP contribution in [0.5, 0.6) is 5.75 Å². The number of ketones is 1. The zero-order chi connectivity index (χ0) is 21.8. The van der Waals surface area contributed by atoms with Crippen molar-refractivity contribution in [2.24, 2.45) is 0 Å². The molecular formula is C25H25N3O3. The molecule has 31 heavy (non-hydrogen) atoms. The fraction of sp³-hybridized carbons (Fsp3) is 0.240. The molecule has 0 amide bonds. The van der Waals surface area contributed by atoms with Gasteiger partial charge in [-0.15, -0.1) is 0 Å². The summed E-state index contributed by atoms with van der Waals surface area (Å²) in [6, 6.07) is 18.6. The molecule has 4 aromatic rings. The van der Waals surface area contributed by atoms with E-state index in [1.807, 2.05) is 18.2 Å². The van der Waals surface area contributed by atoms with E-state index in [1.165, 1.54) is 5.56 Å². The number of rotatable bonds is 8. The molecule has 0 spiro atoms. The Labute approximate surface area is 181 Å². The molecule has 0 aliphatic rings. The Hall–Kier alpha value is -3.67. The van der Waals surface area contributed by atoms with Crippen LogP contribution in [0.1, 0.15) is 53.9 Å². The topological polar surface area (TPSA) is 70.2 Å². The largest absolute Gasteiger partial charge is 0.497 e. The monoisotopic (exact) mass is 415 g/mol. The van der Waals surface area contributed by atoms with Gasteiger partial charge in [0.15, 0.2) is 5.78 Å². The van der Waals surface area contributed by atoms with Crippen molar-refractivity contribution < 1.29 is 13.9 Å². The van der Waals surface area contributed by atoms with Crippen LogP contribution < -0.4 is 4.74 Å². The lowest BCUT2D eigenvalue weighted by molar-refractivity contribution is 0.0959. The molecule has 158 valence electrons. The number of methoxy groups -OCH3 is 1. The molecule has 0 fully saturated rings. The van der Waals surface area contributed by atoms with Crippen LogP contribution in [0.3, 0.4) is 0 Å². The summed E-state index contributed by atoms with van der Waals surface area (Å²) in [4.78, 5) is 14.5. The summed E-state index contributed by atoms with van der Waals surface area (Å²) in [5.41, 5.74) is 3.61. The predicted octanol–water partition coefficient (Wildman–Crippen LogP) is 5.53. The molecule has 0 saturated heterocycles. The van der Waals surface area contributed by atoms with Gasteiger partial charge >= 0.3 is 0 Å². The van der Waals surface area contributed by atoms with Gasteiger partial charge in [-0.1, -0.05) is 38.1 Å². The van der Waals surface area contributed by atoms with Crippen LogP contribution in [0, 0.1) is 0 Å². The molecule has 0 radical (unpaired) electrons. The van der Waals surface area contributed by atoms with Crippen LogP contribution in [-0.2, 0) is 0 Å². The van der Waals surface area contributed by atoms with E-state index in [4.69, 9.17) is 9.15 Å². The number of benzene rings is 2. The van der Waals surface area contributed by atoms with E-state index in [1.54, 1.807) is 54.7 Å². The van der Waals surface area contributed by atoms with E-state index in [0.717, 1.165) is 11.3 Å². The Morgan fingerprint density at radius 3 is 2.42 bits per heavy atom. The summed E-state index contributed by atoms with van der Waals surface area (Å²) in [6.45, 7) is 4.33. The summed E-state index contributed by atoms with van der Waals surface area (Å²) in [5, 5.41) is 9.11. The van der Waals surface area contributed by atoms with Gasteiger partial charge in [-0.3, -0.25) is 4.79 Å². The minimum absolute atomic E-state index is 0.0239. The third-order valence-electron chi connectivity index (χ3n) is 5.32. The van der Waals surface area contributed by atoms with Crippen molar-refractivity contribution in [1.29, 1.82) is 0 Å². The van der Waals surface area contributed by atoms with E-state index < -0.39 is 6.04 Å². The maximum Gasteiger partial charge on any atom is 0.165 e. The van der Waals surface area contributed by atoms with Gasteiger partial charge in [-0.2, -0.15) is 15.0 Å². The molecule has 4 rings (SSSR count). The number of ether oxygens (including phenoxy) is 1. The number of carbonyl (C=O) groups excluding carboxylic acids is 1. The Morgan fingerprint density at radius 1 is 1.06 bits per heavy atom. The highest BCUT2D eigenvalue weighted by Gasteiger charge is 2.24. The third-order valence-corrected chi connectivity index (χ3v) is 5.32. The predicted molar refractivity (Wildman–Crippen MR) is 118 cm³/mol. The lowest BCUT2D eigenvalue weighted by Gasteiger charge is -2.13. The zero-order valence-electron chi connectivity index (χ0n) is 17.9. The third kappa shape index (κ3) is 4.58. The zero-order valence-corrected chi connectivity index (χ0v) is 17.9. The second-order valence-corrected chi connectivity index (χ2v) is 7.71. The van der Waals surface area contributed by atoms with Crippen LogP contribution in [0.15, 0.2) is 77.5 Å². The second kappa shape index (κ2) is 9.00. The SMILES string of the molecule is COc1ccc(C(=O)CC(c2ccco2)n2ncc(-c3ccc(C(C)C)cc3)n2)cc1. The Bertz CT molecular complexity index is 1130. The molecule has 0 aliphatic carbocycles. The van der Waals surface area contributed by atoms with Crippen molar-refractivity contribution in [3.63, 3.8) is 0 Å². The number of nitrogens with zero attached hydrogens (tertiary/aromatic N) is 3. The van der Waals surface area contributed by atoms with Crippen LogP contribution in [0.2, 0.25) is 0 Å². The quantitative estimate of drug-likeness (QED) is 0.354. The summed E-state index contributed by atoms with van der Waals surface area (Å²) in [6.07, 6.45) is 3.49. The molecule has 2 aromatic carbocycles. The average molecular weight is 415 g/mol. The molecule has 0 saturated carbocycles. The van der Waals surface area contributed by atoms with Crippen molar-refractivity contribution in [1.82, 2.24) is 15.0 Å². The number of furan rings is 1. The van der Waals surface area contributed by atoms with Gasteiger partial charge < -0.3 is 9.15 Å². The van der Waals surface area contributed by atoms with Crippen molar-refractivity contribution >= 4 is 5.78 Å². The smallest absolute Gasteiger partial charge is 0.165 e. The molecule has 0 aliphatic heterocycles. The second-order valence-electron chi connectivity index (χ2n) is 7.71. The fourth-order valence-corrected chi connectivity index (χ4v) is 3.44. The fourth-order valence-electron chi connectivity index (χ4n) is 3.44. The summed E-state index contributed by atoms with van der Waals surface area (Å²) >= 11 is 0. The van der Waals surface area contributed by atoms with Gasteiger partial charge in [-0.25, -0.2) is 0 Å². The number of hydrogen-bond acceptors (Lipinski definition) is 5. The van der Waals surface area contributed by atoms with Gasteiger partial charge in [0.05, 0.1) is 19.6 Å². The Balaban J connectivity index is 1.59. The number of aromatic nitrogens is 3. The molecule has 0 bridgehead atoms. The maximum absolute atomic E-state index is 12.9. The minimum Gasteiger partial charge on any atom is -0.497 e.